The van der Waals surface area contributed by atoms with E-state index in [1.165, 1.54) is 46.6 Å². The lowest BCUT2D eigenvalue weighted by Crippen LogP contribution is -2.44. The minimum Gasteiger partial charge on any atom is -0.490 e. The Balaban J connectivity index is 1.10. The maximum atomic E-state index is 6.50. The van der Waals surface area contributed by atoms with E-state index in [9.17, 15) is 0 Å². The van der Waals surface area contributed by atoms with Crippen LogP contribution in [0.2, 0.25) is 0 Å². The number of piperidine rings is 2. The molecule has 188 valence electrons. The lowest BCUT2D eigenvalue weighted by molar-refractivity contribution is 0.0659. The molecule has 2 aromatic carbocycles. The smallest absolute Gasteiger partial charge is 0.120 e. The van der Waals surface area contributed by atoms with Gasteiger partial charge >= 0.3 is 0 Å². The molecule has 4 nitrogen and oxygen atoms in total. The number of rotatable bonds is 4. The van der Waals surface area contributed by atoms with Crippen molar-refractivity contribution in [2.75, 3.05) is 14.1 Å². The topological polar surface area (TPSA) is 24.9 Å². The van der Waals surface area contributed by atoms with Gasteiger partial charge in [-0.3, -0.25) is 0 Å². The van der Waals surface area contributed by atoms with Crippen molar-refractivity contribution in [1.29, 1.82) is 0 Å². The van der Waals surface area contributed by atoms with Gasteiger partial charge < -0.3 is 19.3 Å². The second-order valence-electron chi connectivity index (χ2n) is 11.8. The van der Waals surface area contributed by atoms with E-state index in [1.807, 2.05) is 0 Å². The molecule has 0 amide bonds. The lowest BCUT2D eigenvalue weighted by atomic mass is 10.0. The highest BCUT2D eigenvalue weighted by molar-refractivity contribution is 5.69. The van der Waals surface area contributed by atoms with Crippen LogP contribution in [0.25, 0.3) is 24.3 Å². The predicted molar refractivity (Wildman–Crippen MR) is 146 cm³/mol. The van der Waals surface area contributed by atoms with Crippen LogP contribution in [0, 0.1) is 0 Å². The van der Waals surface area contributed by atoms with Crippen LogP contribution in [0.1, 0.15) is 51.4 Å². The normalized spacial score (nSPS) is 36.8. The van der Waals surface area contributed by atoms with Gasteiger partial charge in [-0.1, -0.05) is 36.4 Å². The van der Waals surface area contributed by atoms with Gasteiger partial charge in [-0.05, 0) is 111 Å². The predicted octanol–water partition coefficient (Wildman–Crippen LogP) is 2.53. The summed E-state index contributed by atoms with van der Waals surface area (Å²) in [4.78, 5) is 5.14. The molecule has 0 saturated carbocycles. The van der Waals surface area contributed by atoms with Crippen LogP contribution in [0.4, 0.5) is 0 Å². The van der Waals surface area contributed by atoms with Crippen molar-refractivity contribution in [2.24, 2.45) is 0 Å². The minimum atomic E-state index is 0.337. The number of benzene rings is 2. The molecular formula is C32H38N2O2. The van der Waals surface area contributed by atoms with Crippen molar-refractivity contribution in [2.45, 2.75) is 87.7 Å². The molecular weight excluding hydrogens is 444 g/mol. The Morgan fingerprint density at radius 2 is 0.889 bits per heavy atom. The summed E-state index contributed by atoms with van der Waals surface area (Å²) in [6.07, 6.45) is 19.5. The van der Waals surface area contributed by atoms with Gasteiger partial charge in [-0.25, -0.2) is 0 Å². The highest BCUT2D eigenvalue weighted by Crippen LogP contribution is 2.36. The zero-order valence-corrected chi connectivity index (χ0v) is 21.6. The fourth-order valence-corrected chi connectivity index (χ4v) is 7.50. The number of nitrogens with zero attached hydrogens (tertiary/aromatic N) is 2. The van der Waals surface area contributed by atoms with Gasteiger partial charge in [0, 0.05) is 24.2 Å². The molecule has 4 saturated heterocycles. The Morgan fingerprint density at radius 3 is 1.28 bits per heavy atom. The van der Waals surface area contributed by atoms with Gasteiger partial charge in [0.05, 0.1) is 0 Å². The zero-order chi connectivity index (χ0) is 24.2. The van der Waals surface area contributed by atoms with Crippen LogP contribution < -0.4 is 30.3 Å². The number of fused-ring (bicyclic) bond motifs is 6. The van der Waals surface area contributed by atoms with Gasteiger partial charge in [0.2, 0.25) is 0 Å². The monoisotopic (exact) mass is 482 g/mol. The van der Waals surface area contributed by atoms with E-state index in [1.54, 1.807) is 0 Å². The molecule has 7 rings (SSSR count). The highest BCUT2D eigenvalue weighted by Gasteiger charge is 2.40. The molecule has 0 radical (unpaired) electrons. The molecule has 2 aromatic rings. The summed E-state index contributed by atoms with van der Waals surface area (Å²) >= 11 is 0. The molecule has 0 N–H and O–H groups in total. The summed E-state index contributed by atoms with van der Waals surface area (Å²) in [5.41, 5.74) is 0. The first kappa shape index (κ1) is 22.6. The van der Waals surface area contributed by atoms with Crippen molar-refractivity contribution in [3.8, 4) is 11.5 Å². The summed E-state index contributed by atoms with van der Waals surface area (Å²) in [6, 6.07) is 15.9. The van der Waals surface area contributed by atoms with Crippen LogP contribution >= 0.6 is 0 Å². The first-order valence-electron chi connectivity index (χ1n) is 14.0. The van der Waals surface area contributed by atoms with Crippen LogP contribution in [0.3, 0.4) is 0 Å². The summed E-state index contributed by atoms with van der Waals surface area (Å²) in [6.45, 7) is 0. The van der Waals surface area contributed by atoms with Gasteiger partial charge in [0.25, 0.3) is 0 Å². The van der Waals surface area contributed by atoms with Crippen molar-refractivity contribution in [1.82, 2.24) is 9.80 Å². The Kier molecular flexibility index (Phi) is 5.70. The average Bonchev–Trinajstić information content (AvgIpc) is 3.19. The van der Waals surface area contributed by atoms with Gasteiger partial charge in [-0.15, -0.1) is 0 Å². The third-order valence-electron chi connectivity index (χ3n) is 9.72. The maximum Gasteiger partial charge on any atom is 0.120 e. The van der Waals surface area contributed by atoms with E-state index in [4.69, 9.17) is 9.47 Å². The Bertz CT molecular complexity index is 1260. The first-order valence-corrected chi connectivity index (χ1v) is 14.0. The fourth-order valence-electron chi connectivity index (χ4n) is 7.50. The standard InChI is InChI=1S/C32H38N2O2/c1-33-25-9-10-26(33)18-31(17-25)35-29-13-7-21-4-6-24-16-30(14-8-22(24)3-5-23(21)15-29)36-32-19-27-11-12-28(20-32)34(27)2/h3-8,13-16,25-28,31-32H,9-12,17-20H2,1-2H3/b5-3?,6-4?,21-4-,22-3-,23-5-,24-6-. The number of hydrogen-bond donors (Lipinski definition) is 0. The molecule has 4 heteroatoms. The van der Waals surface area contributed by atoms with Crippen molar-refractivity contribution >= 4 is 24.3 Å². The molecule has 5 aliphatic rings. The molecule has 4 heterocycles. The molecule has 4 unspecified atom stereocenters. The molecule has 4 aliphatic heterocycles. The lowest BCUT2D eigenvalue weighted by Gasteiger charge is -2.36. The maximum absolute atomic E-state index is 6.50. The molecule has 0 spiro atoms. The third kappa shape index (κ3) is 4.18. The van der Waals surface area contributed by atoms with Gasteiger partial charge in [-0.2, -0.15) is 0 Å². The summed E-state index contributed by atoms with van der Waals surface area (Å²) in [5, 5.41) is 4.89. The van der Waals surface area contributed by atoms with Crippen molar-refractivity contribution in [3.63, 3.8) is 0 Å². The van der Waals surface area contributed by atoms with E-state index in [0.29, 0.717) is 36.4 Å². The van der Waals surface area contributed by atoms with Crippen LogP contribution in [-0.4, -0.2) is 60.3 Å². The molecule has 36 heavy (non-hydrogen) atoms. The number of ether oxygens (including phenoxy) is 2. The average molecular weight is 483 g/mol. The van der Waals surface area contributed by atoms with Crippen molar-refractivity contribution in [3.05, 3.63) is 57.3 Å². The Morgan fingerprint density at radius 1 is 0.528 bits per heavy atom. The summed E-state index contributed by atoms with van der Waals surface area (Å²) < 4.78 is 13.0. The second-order valence-corrected chi connectivity index (χ2v) is 11.8. The summed E-state index contributed by atoms with van der Waals surface area (Å²) in [5.74, 6) is 2.00. The van der Waals surface area contributed by atoms with E-state index >= 15 is 0 Å². The first-order chi connectivity index (χ1) is 17.6. The van der Waals surface area contributed by atoms with E-state index in [0.717, 1.165) is 37.2 Å². The summed E-state index contributed by atoms with van der Waals surface area (Å²) in [7, 11) is 4.57. The van der Waals surface area contributed by atoms with E-state index in [2.05, 4.69) is 84.6 Å². The van der Waals surface area contributed by atoms with E-state index < -0.39 is 0 Å². The quantitative estimate of drug-likeness (QED) is 0.669. The van der Waals surface area contributed by atoms with Gasteiger partial charge in [0.15, 0.2) is 0 Å². The van der Waals surface area contributed by atoms with Gasteiger partial charge in [0.1, 0.15) is 23.7 Å². The molecule has 4 fully saturated rings. The zero-order valence-electron chi connectivity index (χ0n) is 21.6. The minimum absolute atomic E-state index is 0.337. The molecule has 1 aliphatic carbocycles. The highest BCUT2D eigenvalue weighted by atomic mass is 16.5. The Hall–Kier alpha value is -2.56. The van der Waals surface area contributed by atoms with Crippen molar-refractivity contribution < 1.29 is 9.47 Å². The number of hydrogen-bond acceptors (Lipinski definition) is 4. The molecule has 0 aromatic heterocycles. The second kappa shape index (κ2) is 9.08. The Labute approximate surface area is 214 Å². The van der Waals surface area contributed by atoms with E-state index in [-0.39, 0.29) is 0 Å². The van der Waals surface area contributed by atoms with Crippen LogP contribution in [0.15, 0.2) is 36.4 Å². The molecule has 4 bridgehead atoms. The largest absolute Gasteiger partial charge is 0.490 e. The van der Waals surface area contributed by atoms with Crippen LogP contribution in [0.5, 0.6) is 11.5 Å². The van der Waals surface area contributed by atoms with Crippen LogP contribution in [-0.2, 0) is 0 Å². The SMILES string of the molecule is CN1C2CCC1CC(Oc1ccc3/c(c1)=C\C=c1\ccc(OC4CC5CCC(C4)N5C)c\c1=C\C=3)C2. The third-order valence-corrected chi connectivity index (χ3v) is 9.72. The fraction of sp³-hybridized carbons (Fsp3) is 0.500. The molecule has 4 atom stereocenters.